The van der Waals surface area contributed by atoms with Crippen molar-refractivity contribution in [1.29, 1.82) is 0 Å². The van der Waals surface area contributed by atoms with Crippen LogP contribution in [0, 0.1) is 0 Å². The first-order valence-corrected chi connectivity index (χ1v) is 5.96. The number of hydrogen-bond donors (Lipinski definition) is 0. The highest BCUT2D eigenvalue weighted by Crippen LogP contribution is 2.17. The topological polar surface area (TPSA) is 0 Å². The fraction of sp³-hybridized carbons (Fsp3) is 0.375. The summed E-state index contributed by atoms with van der Waals surface area (Å²) in [5, 5.41) is 0. The van der Waals surface area contributed by atoms with Crippen molar-refractivity contribution >= 4 is 0 Å². The Morgan fingerprint density at radius 2 is 1.38 bits per heavy atom. The summed E-state index contributed by atoms with van der Waals surface area (Å²) in [5.41, 5.74) is 3.66. The maximum atomic E-state index is 3.85. The normalized spacial score (nSPS) is 11.2. The molecule has 0 aromatic carbocycles. The molecule has 0 fully saturated rings. The highest BCUT2D eigenvalue weighted by Gasteiger charge is 1.98. The fourth-order valence-electron chi connectivity index (χ4n) is 1.26. The maximum absolute atomic E-state index is 3.85. The molecular weight excluding hydrogens is 192 g/mol. The van der Waals surface area contributed by atoms with Crippen molar-refractivity contribution in [3.8, 4) is 0 Å². The lowest BCUT2D eigenvalue weighted by atomic mass is 10.00. The van der Waals surface area contributed by atoms with Crippen LogP contribution < -0.4 is 0 Å². The van der Waals surface area contributed by atoms with Crippen LogP contribution in [0.25, 0.3) is 0 Å². The summed E-state index contributed by atoms with van der Waals surface area (Å²) in [7, 11) is 0. The summed E-state index contributed by atoms with van der Waals surface area (Å²) in [6.45, 7) is 16.0. The molecule has 0 saturated carbocycles. The van der Waals surface area contributed by atoms with Crippen molar-refractivity contribution in [1.82, 2.24) is 0 Å². The zero-order valence-electron chi connectivity index (χ0n) is 11.7. The van der Waals surface area contributed by atoms with Crippen LogP contribution >= 0.6 is 0 Å². The Hall–Kier alpha value is -1.30. The van der Waals surface area contributed by atoms with Crippen LogP contribution in [0.4, 0.5) is 0 Å². The van der Waals surface area contributed by atoms with E-state index in [0.717, 1.165) is 0 Å². The highest BCUT2D eigenvalue weighted by molar-refractivity contribution is 5.49. The molecule has 0 rings (SSSR count). The van der Waals surface area contributed by atoms with E-state index >= 15 is 0 Å². The summed E-state index contributed by atoms with van der Waals surface area (Å²) < 4.78 is 0. The zero-order chi connectivity index (χ0) is 13.0. The van der Waals surface area contributed by atoms with E-state index in [1.54, 1.807) is 0 Å². The summed E-state index contributed by atoms with van der Waals surface area (Å²) in [5.74, 6) is 0. The second-order valence-electron chi connectivity index (χ2n) is 3.04. The van der Waals surface area contributed by atoms with Gasteiger partial charge in [-0.25, -0.2) is 0 Å². The molecule has 0 aromatic heterocycles. The van der Waals surface area contributed by atoms with Crippen LogP contribution in [0.1, 0.15) is 41.5 Å². The maximum Gasteiger partial charge on any atom is -0.0164 e. The van der Waals surface area contributed by atoms with E-state index in [-0.39, 0.29) is 0 Å². The van der Waals surface area contributed by atoms with Gasteiger partial charge < -0.3 is 0 Å². The predicted octanol–water partition coefficient (Wildman–Crippen LogP) is 5.61. The fourth-order valence-corrected chi connectivity index (χ4v) is 1.26. The summed E-state index contributed by atoms with van der Waals surface area (Å²) >= 11 is 0. The first kappa shape index (κ1) is 17.1. The number of hydrogen-bond acceptors (Lipinski definition) is 0. The number of allylic oxidation sites excluding steroid dienone is 9. The van der Waals surface area contributed by atoms with Gasteiger partial charge in [0.25, 0.3) is 0 Å². The van der Waals surface area contributed by atoms with Gasteiger partial charge in [0, 0.05) is 0 Å². The second-order valence-corrected chi connectivity index (χ2v) is 3.04. The molecular formula is C16H26. The van der Waals surface area contributed by atoms with Crippen molar-refractivity contribution in [3.05, 3.63) is 59.8 Å². The third kappa shape index (κ3) is 6.23. The van der Waals surface area contributed by atoms with Crippen molar-refractivity contribution in [2.45, 2.75) is 41.5 Å². The molecule has 0 atom stereocenters. The van der Waals surface area contributed by atoms with Crippen LogP contribution in [0.2, 0.25) is 0 Å². The van der Waals surface area contributed by atoms with E-state index in [2.05, 4.69) is 31.7 Å². The average molecular weight is 218 g/mol. The lowest BCUT2D eigenvalue weighted by molar-refractivity contribution is 1.36. The van der Waals surface area contributed by atoms with E-state index in [1.807, 2.05) is 52.8 Å². The third-order valence-corrected chi connectivity index (χ3v) is 2.07. The molecule has 0 aromatic rings. The first-order chi connectivity index (χ1) is 7.71. The SMILES string of the molecule is C=CC(=C(/C=C\C)/C=C\C)C(/C)=C\C.CC. The first-order valence-electron chi connectivity index (χ1n) is 5.96. The highest BCUT2D eigenvalue weighted by atomic mass is 14.0. The zero-order valence-corrected chi connectivity index (χ0v) is 11.7. The van der Waals surface area contributed by atoms with Crippen molar-refractivity contribution in [2.75, 3.05) is 0 Å². The average Bonchev–Trinajstić information content (AvgIpc) is 2.33. The Kier molecular flexibility index (Phi) is 12.6. The molecule has 0 heteroatoms. The lowest BCUT2D eigenvalue weighted by Crippen LogP contribution is -1.86. The molecule has 0 aliphatic heterocycles. The molecule has 0 aliphatic carbocycles. The van der Waals surface area contributed by atoms with Gasteiger partial charge in [-0.1, -0.05) is 56.9 Å². The van der Waals surface area contributed by atoms with Crippen molar-refractivity contribution < 1.29 is 0 Å². The predicted molar refractivity (Wildman–Crippen MR) is 77.6 cm³/mol. The van der Waals surface area contributed by atoms with E-state index in [4.69, 9.17) is 0 Å². The Morgan fingerprint density at radius 3 is 1.62 bits per heavy atom. The Bertz CT molecular complexity index is 282. The van der Waals surface area contributed by atoms with Gasteiger partial charge in [-0.05, 0) is 44.4 Å². The van der Waals surface area contributed by atoms with E-state index in [9.17, 15) is 0 Å². The molecule has 0 N–H and O–H groups in total. The van der Waals surface area contributed by atoms with Crippen molar-refractivity contribution in [2.24, 2.45) is 0 Å². The number of rotatable bonds is 4. The Morgan fingerprint density at radius 1 is 0.938 bits per heavy atom. The lowest BCUT2D eigenvalue weighted by Gasteiger charge is -2.05. The van der Waals surface area contributed by atoms with Crippen LogP contribution in [0.3, 0.4) is 0 Å². The second kappa shape index (κ2) is 11.8. The van der Waals surface area contributed by atoms with Gasteiger partial charge in [-0.2, -0.15) is 0 Å². The van der Waals surface area contributed by atoms with Gasteiger partial charge in [0.1, 0.15) is 0 Å². The van der Waals surface area contributed by atoms with Crippen LogP contribution in [0.15, 0.2) is 59.8 Å². The molecule has 0 saturated heterocycles. The van der Waals surface area contributed by atoms with Gasteiger partial charge in [0.15, 0.2) is 0 Å². The molecule has 0 aliphatic rings. The van der Waals surface area contributed by atoms with Crippen LogP contribution in [-0.2, 0) is 0 Å². The van der Waals surface area contributed by atoms with Gasteiger partial charge in [-0.15, -0.1) is 0 Å². The molecule has 0 nitrogen and oxygen atoms in total. The Labute approximate surface area is 102 Å². The molecule has 0 unspecified atom stereocenters. The van der Waals surface area contributed by atoms with Crippen LogP contribution in [0.5, 0.6) is 0 Å². The molecule has 0 bridgehead atoms. The van der Waals surface area contributed by atoms with E-state index in [0.29, 0.717) is 0 Å². The van der Waals surface area contributed by atoms with E-state index in [1.165, 1.54) is 16.7 Å². The smallest absolute Gasteiger partial charge is 0.0164 e. The Balaban J connectivity index is 0. The van der Waals surface area contributed by atoms with E-state index < -0.39 is 0 Å². The summed E-state index contributed by atoms with van der Waals surface area (Å²) in [4.78, 5) is 0. The molecule has 0 radical (unpaired) electrons. The standard InChI is InChI=1S/C14H20.C2H6/c1-6-10-13(11-7-2)14(9-4)12(5)8-3;1-2/h6-11H,4H2,1-3,5H3;1-2H3/b10-6-,11-7-,12-8-;. The summed E-state index contributed by atoms with van der Waals surface area (Å²) in [6.07, 6.45) is 12.3. The van der Waals surface area contributed by atoms with Gasteiger partial charge in [-0.3, -0.25) is 0 Å². The summed E-state index contributed by atoms with van der Waals surface area (Å²) in [6, 6.07) is 0. The third-order valence-electron chi connectivity index (χ3n) is 2.07. The minimum absolute atomic E-state index is 1.20. The van der Waals surface area contributed by atoms with Gasteiger partial charge in [0.2, 0.25) is 0 Å². The molecule has 0 spiro atoms. The molecule has 16 heavy (non-hydrogen) atoms. The van der Waals surface area contributed by atoms with Gasteiger partial charge >= 0.3 is 0 Å². The largest absolute Gasteiger partial charge is 0.0984 e. The van der Waals surface area contributed by atoms with Crippen molar-refractivity contribution in [3.63, 3.8) is 0 Å². The minimum Gasteiger partial charge on any atom is -0.0984 e. The van der Waals surface area contributed by atoms with Crippen LogP contribution in [-0.4, -0.2) is 0 Å². The molecule has 0 amide bonds. The molecule has 90 valence electrons. The quantitative estimate of drug-likeness (QED) is 0.538. The monoisotopic (exact) mass is 218 g/mol. The molecule has 0 heterocycles. The van der Waals surface area contributed by atoms with Gasteiger partial charge in [0.05, 0.1) is 0 Å². The minimum atomic E-state index is 1.20.